The van der Waals surface area contributed by atoms with Crippen LogP contribution in [-0.2, 0) is 11.2 Å². The molecule has 0 fully saturated rings. The molecule has 2 aromatic rings. The van der Waals surface area contributed by atoms with E-state index >= 15 is 0 Å². The van der Waals surface area contributed by atoms with Crippen LogP contribution < -0.4 is 22.1 Å². The number of carbonyl (C=O) groups excluding carboxylic acids is 1. The van der Waals surface area contributed by atoms with Gasteiger partial charge in [0.2, 0.25) is 5.82 Å². The molecule has 7 nitrogen and oxygen atoms in total. The number of carboxylic acids is 1. The Balaban J connectivity index is 0.000000219. The number of rotatable bonds is 3. The molecule has 1 aromatic heterocycles. The summed E-state index contributed by atoms with van der Waals surface area (Å²) in [6.07, 6.45) is 1.14. The number of aromatic nitrogens is 2. The van der Waals surface area contributed by atoms with Gasteiger partial charge in [0.1, 0.15) is 6.04 Å². The molecule has 0 saturated carbocycles. The fourth-order valence-corrected chi connectivity index (χ4v) is 1.38. The largest absolute Gasteiger partial charge is 0.544 e. The first-order chi connectivity index (χ1) is 9.90. The third kappa shape index (κ3) is 5.83. The number of H-pyrrole nitrogens is 2. The van der Waals surface area contributed by atoms with E-state index in [4.69, 9.17) is 0 Å². The second kappa shape index (κ2) is 7.75. The van der Waals surface area contributed by atoms with E-state index in [0.717, 1.165) is 5.56 Å². The maximum atomic E-state index is 12.0. The molecule has 5 N–H and O–H groups in total. The van der Waals surface area contributed by atoms with Crippen molar-refractivity contribution in [2.24, 2.45) is 0 Å². The van der Waals surface area contributed by atoms with Crippen LogP contribution in [0.5, 0.6) is 0 Å². The molecule has 0 amide bonds. The smallest absolute Gasteiger partial charge is 0.325 e. The normalized spacial score (nSPS) is 11.1. The van der Waals surface area contributed by atoms with Crippen molar-refractivity contribution in [3.05, 3.63) is 68.7 Å². The van der Waals surface area contributed by atoms with E-state index in [-0.39, 0.29) is 0 Å². The fraction of sp³-hybridized carbons (Fsp3) is 0.154. The molecule has 112 valence electrons. The summed E-state index contributed by atoms with van der Waals surface area (Å²) in [7, 11) is 0. The molecule has 0 saturated heterocycles. The number of nitrogens with one attached hydrogen (secondary N) is 2. The number of aromatic amines is 2. The van der Waals surface area contributed by atoms with E-state index in [1.807, 2.05) is 35.3 Å². The summed E-state index contributed by atoms with van der Waals surface area (Å²) in [6, 6.07) is 8.73. The van der Waals surface area contributed by atoms with Gasteiger partial charge in [-0.1, -0.05) is 30.3 Å². The molecule has 0 bridgehead atoms. The van der Waals surface area contributed by atoms with Gasteiger partial charge in [0.25, 0.3) is 5.56 Å². The molecule has 0 aliphatic rings. The monoisotopic (exact) mass is 295 g/mol. The number of carbonyl (C=O) groups is 1. The summed E-state index contributed by atoms with van der Waals surface area (Å²) in [6.45, 7) is 0. The highest BCUT2D eigenvalue weighted by Crippen LogP contribution is 2.00. The SMILES string of the molecule is O=c1[nH]cc(F)c(=O)[nH]1.[NH3+][C@@H](Cc1ccccc1)C(=O)[O-]. The number of quaternary nitrogens is 1. The Morgan fingerprint density at radius 1 is 1.29 bits per heavy atom. The van der Waals surface area contributed by atoms with Gasteiger partial charge in [0, 0.05) is 12.6 Å². The molecule has 0 unspecified atom stereocenters. The Morgan fingerprint density at radius 2 is 1.90 bits per heavy atom. The lowest BCUT2D eigenvalue weighted by Crippen LogP contribution is -2.69. The second-order valence-corrected chi connectivity index (χ2v) is 4.13. The lowest BCUT2D eigenvalue weighted by atomic mass is 10.1. The number of carboxylic acid groups (broad SMARTS) is 1. The summed E-state index contributed by atoms with van der Waals surface area (Å²) in [5.74, 6) is -2.09. The Hall–Kier alpha value is -2.74. The Bertz CT molecular complexity index is 696. The molecule has 0 aliphatic carbocycles. The number of aliphatic carboxylic acids is 1. The molecule has 0 aliphatic heterocycles. The van der Waals surface area contributed by atoms with Gasteiger partial charge in [0.15, 0.2) is 0 Å². The summed E-state index contributed by atoms with van der Waals surface area (Å²) < 4.78 is 12.0. The lowest BCUT2D eigenvalue weighted by Gasteiger charge is -2.08. The molecule has 1 heterocycles. The van der Waals surface area contributed by atoms with Gasteiger partial charge < -0.3 is 20.6 Å². The van der Waals surface area contributed by atoms with Crippen molar-refractivity contribution < 1.29 is 20.0 Å². The maximum absolute atomic E-state index is 12.0. The maximum Gasteiger partial charge on any atom is 0.325 e. The first-order valence-electron chi connectivity index (χ1n) is 5.95. The van der Waals surface area contributed by atoms with Crippen LogP contribution in [-0.4, -0.2) is 22.0 Å². The van der Waals surface area contributed by atoms with Gasteiger partial charge in [-0.15, -0.1) is 0 Å². The van der Waals surface area contributed by atoms with E-state index < -0.39 is 29.1 Å². The van der Waals surface area contributed by atoms with Crippen molar-refractivity contribution in [1.82, 2.24) is 9.97 Å². The zero-order chi connectivity index (χ0) is 15.8. The van der Waals surface area contributed by atoms with Crippen molar-refractivity contribution in [3.63, 3.8) is 0 Å². The van der Waals surface area contributed by atoms with Gasteiger partial charge in [-0.05, 0) is 5.56 Å². The topological polar surface area (TPSA) is 133 Å². The van der Waals surface area contributed by atoms with Gasteiger partial charge in [0.05, 0.1) is 5.97 Å². The van der Waals surface area contributed by atoms with Crippen LogP contribution in [0.4, 0.5) is 4.39 Å². The van der Waals surface area contributed by atoms with Crippen LogP contribution in [0.1, 0.15) is 5.56 Å². The molecular weight excluding hydrogens is 281 g/mol. The van der Waals surface area contributed by atoms with Crippen LogP contribution in [0, 0.1) is 5.82 Å². The zero-order valence-electron chi connectivity index (χ0n) is 11.0. The second-order valence-electron chi connectivity index (χ2n) is 4.13. The quantitative estimate of drug-likeness (QED) is 0.592. The summed E-state index contributed by atoms with van der Waals surface area (Å²) in [5.41, 5.74) is 2.74. The van der Waals surface area contributed by atoms with E-state index in [2.05, 4.69) is 5.73 Å². The standard InChI is InChI=1S/C9H11NO2.C4H3FN2O2/c10-8(9(11)12)6-7-4-2-1-3-5-7;5-2-1-6-4(9)7-3(2)8/h1-5,8H,6,10H2,(H,11,12);1H,(H2,6,7,8,9)/t8-;/m0./s1. The van der Waals surface area contributed by atoms with E-state index in [9.17, 15) is 23.9 Å². The van der Waals surface area contributed by atoms with Gasteiger partial charge in [-0.3, -0.25) is 9.78 Å². The molecule has 0 spiro atoms. The molecule has 1 atom stereocenters. The van der Waals surface area contributed by atoms with Gasteiger partial charge in [-0.25, -0.2) is 4.79 Å². The molecule has 8 heteroatoms. The number of hydrogen-bond acceptors (Lipinski definition) is 4. The van der Waals surface area contributed by atoms with Crippen LogP contribution in [0.15, 0.2) is 46.1 Å². The average Bonchev–Trinajstić information content (AvgIpc) is 2.45. The first-order valence-corrected chi connectivity index (χ1v) is 5.95. The first kappa shape index (κ1) is 16.3. The average molecular weight is 295 g/mol. The minimum atomic E-state index is -1.10. The van der Waals surface area contributed by atoms with Crippen molar-refractivity contribution >= 4 is 5.97 Å². The fourth-order valence-electron chi connectivity index (χ4n) is 1.38. The minimum absolute atomic E-state index is 0.434. The molecular formula is C13H14FN3O4. The number of benzene rings is 1. The number of halogens is 1. The van der Waals surface area contributed by atoms with Crippen LogP contribution in [0.25, 0.3) is 0 Å². The number of hydrogen-bond donors (Lipinski definition) is 3. The van der Waals surface area contributed by atoms with Crippen molar-refractivity contribution in [3.8, 4) is 0 Å². The highest BCUT2D eigenvalue weighted by molar-refractivity contribution is 5.69. The highest BCUT2D eigenvalue weighted by atomic mass is 19.1. The summed E-state index contributed by atoms with van der Waals surface area (Å²) in [5, 5.41) is 10.3. The predicted molar refractivity (Wildman–Crippen MR) is 69.5 cm³/mol. The Morgan fingerprint density at radius 3 is 2.38 bits per heavy atom. The van der Waals surface area contributed by atoms with Crippen molar-refractivity contribution in [2.75, 3.05) is 0 Å². The van der Waals surface area contributed by atoms with Gasteiger partial charge in [-0.2, -0.15) is 4.39 Å². The van der Waals surface area contributed by atoms with E-state index in [1.54, 1.807) is 4.98 Å². The van der Waals surface area contributed by atoms with E-state index in [0.29, 0.717) is 12.6 Å². The third-order valence-electron chi connectivity index (χ3n) is 2.43. The summed E-state index contributed by atoms with van der Waals surface area (Å²) >= 11 is 0. The Kier molecular flexibility index (Phi) is 6.02. The van der Waals surface area contributed by atoms with Crippen molar-refractivity contribution in [2.45, 2.75) is 12.5 Å². The summed E-state index contributed by atoms with van der Waals surface area (Å²) in [4.78, 5) is 34.3. The molecule has 0 radical (unpaired) electrons. The zero-order valence-corrected chi connectivity index (χ0v) is 11.0. The van der Waals surface area contributed by atoms with Crippen LogP contribution in [0.3, 0.4) is 0 Å². The van der Waals surface area contributed by atoms with Crippen molar-refractivity contribution in [1.29, 1.82) is 0 Å². The van der Waals surface area contributed by atoms with Gasteiger partial charge >= 0.3 is 5.69 Å². The van der Waals surface area contributed by atoms with E-state index in [1.165, 1.54) is 0 Å². The lowest BCUT2D eigenvalue weighted by molar-refractivity contribution is -0.437. The molecule has 1 aromatic carbocycles. The molecule has 2 rings (SSSR count). The van der Waals surface area contributed by atoms with Crippen LogP contribution in [0.2, 0.25) is 0 Å². The highest BCUT2D eigenvalue weighted by Gasteiger charge is 2.06. The minimum Gasteiger partial charge on any atom is -0.544 e. The predicted octanol–water partition coefficient (Wildman–Crippen LogP) is -2.21. The van der Waals surface area contributed by atoms with Crippen LogP contribution >= 0.6 is 0 Å². The third-order valence-corrected chi connectivity index (χ3v) is 2.43. The Labute approximate surface area is 118 Å². The molecule has 21 heavy (non-hydrogen) atoms.